The van der Waals surface area contributed by atoms with Crippen LogP contribution in [0.3, 0.4) is 0 Å². The molecule has 1 N–H and O–H groups in total. The first kappa shape index (κ1) is 20.7. The maximum Gasteiger partial charge on any atom is 0.227 e. The van der Waals surface area contributed by atoms with Gasteiger partial charge in [-0.2, -0.15) is 0 Å². The zero-order chi connectivity index (χ0) is 21.6. The second-order valence-electron chi connectivity index (χ2n) is 7.77. The number of nitrogens with zero attached hydrogens (tertiary/aromatic N) is 4. The number of nitrogens with one attached hydrogen (secondary N) is 1. The van der Waals surface area contributed by atoms with Crippen molar-refractivity contribution in [3.05, 3.63) is 72.4 Å². The van der Waals surface area contributed by atoms with Crippen LogP contribution in [0.25, 0.3) is 11.3 Å². The van der Waals surface area contributed by atoms with E-state index in [1.165, 1.54) is 6.92 Å². The summed E-state index contributed by atoms with van der Waals surface area (Å²) in [5, 5.41) is 2.81. The summed E-state index contributed by atoms with van der Waals surface area (Å²) in [7, 11) is 0. The summed E-state index contributed by atoms with van der Waals surface area (Å²) in [5.74, 6) is 0.0992. The molecule has 0 spiro atoms. The zero-order valence-corrected chi connectivity index (χ0v) is 17.5. The van der Waals surface area contributed by atoms with Gasteiger partial charge in [-0.15, -0.1) is 0 Å². The topological polar surface area (TPSA) is 88.1 Å². The molecule has 1 aliphatic heterocycles. The normalized spacial score (nSPS) is 16.0. The Hall–Kier alpha value is -3.61. The molecule has 3 heterocycles. The predicted octanol–water partition coefficient (Wildman–Crippen LogP) is 3.45. The van der Waals surface area contributed by atoms with Gasteiger partial charge in [-0.3, -0.25) is 24.5 Å². The summed E-state index contributed by atoms with van der Waals surface area (Å²) in [6.45, 7) is 2.86. The van der Waals surface area contributed by atoms with Crippen molar-refractivity contribution in [2.45, 2.75) is 32.1 Å². The maximum absolute atomic E-state index is 12.9. The Kier molecular flexibility index (Phi) is 6.31. The molecule has 1 atom stereocenters. The average Bonchev–Trinajstić information content (AvgIpc) is 2.79. The van der Waals surface area contributed by atoms with Crippen molar-refractivity contribution in [3.8, 4) is 11.3 Å². The molecule has 0 saturated carbocycles. The van der Waals surface area contributed by atoms with Gasteiger partial charge in [0.15, 0.2) is 0 Å². The fraction of sp³-hybridized carbons (Fsp3) is 0.292. The van der Waals surface area contributed by atoms with Crippen LogP contribution in [0, 0.1) is 0 Å². The lowest BCUT2D eigenvalue weighted by atomic mass is 9.91. The fourth-order valence-electron chi connectivity index (χ4n) is 4.03. The molecule has 2 amide bonds. The lowest BCUT2D eigenvalue weighted by Gasteiger charge is -2.33. The van der Waals surface area contributed by atoms with E-state index in [-0.39, 0.29) is 17.7 Å². The second kappa shape index (κ2) is 9.47. The van der Waals surface area contributed by atoms with Crippen molar-refractivity contribution < 1.29 is 9.59 Å². The van der Waals surface area contributed by atoms with Crippen LogP contribution in [0.4, 0.5) is 5.69 Å². The molecule has 3 aromatic rings. The number of aromatic nitrogens is 3. The number of rotatable bonds is 5. The molecular formula is C24H25N5O2. The second-order valence-corrected chi connectivity index (χ2v) is 7.77. The van der Waals surface area contributed by atoms with Crippen LogP contribution < -0.4 is 5.32 Å². The van der Waals surface area contributed by atoms with Crippen LogP contribution in [-0.2, 0) is 16.0 Å². The third-order valence-corrected chi connectivity index (χ3v) is 5.42. The predicted molar refractivity (Wildman–Crippen MR) is 118 cm³/mol. The lowest BCUT2D eigenvalue weighted by molar-refractivity contribution is -0.131. The van der Waals surface area contributed by atoms with E-state index in [1.54, 1.807) is 24.8 Å². The highest BCUT2D eigenvalue weighted by Crippen LogP contribution is 2.32. The van der Waals surface area contributed by atoms with Crippen molar-refractivity contribution >= 4 is 17.5 Å². The molecule has 4 rings (SSSR count). The van der Waals surface area contributed by atoms with Gasteiger partial charge in [0.25, 0.3) is 0 Å². The minimum Gasteiger partial charge on any atom is -0.342 e. The van der Waals surface area contributed by atoms with E-state index < -0.39 is 0 Å². The molecule has 158 valence electrons. The number of pyridine rings is 1. The summed E-state index contributed by atoms with van der Waals surface area (Å²) in [5.41, 5.74) is 4.22. The van der Waals surface area contributed by atoms with E-state index in [2.05, 4.69) is 20.3 Å². The standard InChI is InChI=1S/C24H25N5O2/c1-17(30)28-21-8-2-6-19(14-21)23-24(27-11-10-26-23)20-7-4-12-29(16-20)22(31)13-18-5-3-9-25-15-18/h2-3,5-6,8-11,14-15,20H,4,7,12-13,16H2,1H3,(H,28,30)/t20-/m1/s1. The highest BCUT2D eigenvalue weighted by Gasteiger charge is 2.28. The molecule has 7 nitrogen and oxygen atoms in total. The van der Waals surface area contributed by atoms with Gasteiger partial charge < -0.3 is 10.2 Å². The van der Waals surface area contributed by atoms with Gasteiger partial charge in [0.1, 0.15) is 0 Å². The first-order chi connectivity index (χ1) is 15.1. The summed E-state index contributed by atoms with van der Waals surface area (Å²) in [6, 6.07) is 11.4. The van der Waals surface area contributed by atoms with E-state index in [1.807, 2.05) is 41.3 Å². The molecule has 1 saturated heterocycles. The van der Waals surface area contributed by atoms with Crippen molar-refractivity contribution in [2.24, 2.45) is 0 Å². The molecule has 1 aliphatic rings. The van der Waals surface area contributed by atoms with Crippen molar-refractivity contribution in [2.75, 3.05) is 18.4 Å². The van der Waals surface area contributed by atoms with Crippen LogP contribution in [0.5, 0.6) is 0 Å². The molecule has 31 heavy (non-hydrogen) atoms. The highest BCUT2D eigenvalue weighted by molar-refractivity contribution is 5.89. The van der Waals surface area contributed by atoms with E-state index >= 15 is 0 Å². The van der Waals surface area contributed by atoms with E-state index in [0.29, 0.717) is 13.0 Å². The van der Waals surface area contributed by atoms with Gasteiger partial charge >= 0.3 is 0 Å². The largest absolute Gasteiger partial charge is 0.342 e. The molecule has 0 aliphatic carbocycles. The third-order valence-electron chi connectivity index (χ3n) is 5.42. The number of benzene rings is 1. The highest BCUT2D eigenvalue weighted by atomic mass is 16.2. The monoisotopic (exact) mass is 415 g/mol. The van der Waals surface area contributed by atoms with Crippen molar-refractivity contribution in [1.29, 1.82) is 0 Å². The zero-order valence-electron chi connectivity index (χ0n) is 17.5. The Morgan fingerprint density at radius 3 is 2.81 bits per heavy atom. The third kappa shape index (κ3) is 5.12. The Morgan fingerprint density at radius 2 is 2.00 bits per heavy atom. The Bertz CT molecular complexity index is 1070. The van der Waals surface area contributed by atoms with E-state index in [9.17, 15) is 9.59 Å². The number of carbonyl (C=O) groups is 2. The molecule has 1 fully saturated rings. The quantitative estimate of drug-likeness (QED) is 0.690. The SMILES string of the molecule is CC(=O)Nc1cccc(-c2nccnc2[C@@H]2CCCN(C(=O)Cc3cccnc3)C2)c1. The van der Waals surface area contributed by atoms with Crippen molar-refractivity contribution in [1.82, 2.24) is 19.9 Å². The van der Waals surface area contributed by atoms with Crippen LogP contribution in [0.1, 0.15) is 36.9 Å². The van der Waals surface area contributed by atoms with E-state index in [0.717, 1.165) is 47.6 Å². The smallest absolute Gasteiger partial charge is 0.227 e. The summed E-state index contributed by atoms with van der Waals surface area (Å²) >= 11 is 0. The number of carbonyl (C=O) groups excluding carboxylic acids is 2. The first-order valence-electron chi connectivity index (χ1n) is 10.5. The van der Waals surface area contributed by atoms with Crippen molar-refractivity contribution in [3.63, 3.8) is 0 Å². The molecule has 0 bridgehead atoms. The summed E-state index contributed by atoms with van der Waals surface area (Å²) in [4.78, 5) is 39.6. The van der Waals surface area contributed by atoms with Crippen LogP contribution >= 0.6 is 0 Å². The lowest BCUT2D eigenvalue weighted by Crippen LogP contribution is -2.40. The van der Waals surface area contributed by atoms with Crippen LogP contribution in [0.15, 0.2) is 61.2 Å². The summed E-state index contributed by atoms with van der Waals surface area (Å²) in [6.07, 6.45) is 9.06. The number of anilines is 1. The fourth-order valence-corrected chi connectivity index (χ4v) is 4.03. The maximum atomic E-state index is 12.9. The van der Waals surface area contributed by atoms with Gasteiger partial charge in [0.2, 0.25) is 11.8 Å². The van der Waals surface area contributed by atoms with Gasteiger partial charge in [-0.1, -0.05) is 18.2 Å². The Balaban J connectivity index is 1.55. The molecule has 0 unspecified atom stereocenters. The number of likely N-dealkylation sites (tertiary alicyclic amines) is 1. The van der Waals surface area contributed by atoms with Gasteiger partial charge in [0.05, 0.1) is 17.8 Å². The number of hydrogen-bond donors (Lipinski definition) is 1. The molecule has 0 radical (unpaired) electrons. The minimum absolute atomic E-state index is 0.107. The number of hydrogen-bond acceptors (Lipinski definition) is 5. The van der Waals surface area contributed by atoms with Gasteiger partial charge in [0, 0.05) is 62.0 Å². The Morgan fingerprint density at radius 1 is 1.13 bits per heavy atom. The number of piperidine rings is 1. The van der Waals surface area contributed by atoms with E-state index in [4.69, 9.17) is 0 Å². The Labute approximate surface area is 181 Å². The molecule has 1 aromatic carbocycles. The molecular weight excluding hydrogens is 390 g/mol. The minimum atomic E-state index is -0.119. The van der Waals surface area contributed by atoms with Crippen LogP contribution in [-0.4, -0.2) is 44.8 Å². The average molecular weight is 415 g/mol. The van der Waals surface area contributed by atoms with Gasteiger partial charge in [-0.05, 0) is 36.6 Å². The van der Waals surface area contributed by atoms with Crippen LogP contribution in [0.2, 0.25) is 0 Å². The molecule has 7 heteroatoms. The first-order valence-corrected chi connectivity index (χ1v) is 10.5. The van der Waals surface area contributed by atoms with Gasteiger partial charge in [-0.25, -0.2) is 0 Å². The molecule has 2 aromatic heterocycles. The number of amides is 2. The summed E-state index contributed by atoms with van der Waals surface area (Å²) < 4.78 is 0.